The Labute approximate surface area is 299 Å². The molecule has 3 saturated carbocycles. The minimum Gasteiger partial charge on any atom is -0.481 e. The number of allylic oxidation sites excluding steroid dienone is 1. The number of primary amides is 1. The molecule has 10 nitrogen and oxygen atoms in total. The highest BCUT2D eigenvalue weighted by atomic mass is 16.5. The number of carboxylic acids is 1. The van der Waals surface area contributed by atoms with E-state index in [0.29, 0.717) is 32.2 Å². The molecule has 1 aromatic heterocycles. The molecule has 12 atom stereocenters. The van der Waals surface area contributed by atoms with E-state index < -0.39 is 34.2 Å². The van der Waals surface area contributed by atoms with E-state index in [1.807, 2.05) is 6.92 Å². The van der Waals surface area contributed by atoms with Gasteiger partial charge in [-0.15, -0.1) is 0 Å². The van der Waals surface area contributed by atoms with Crippen LogP contribution < -0.4 is 11.5 Å². The summed E-state index contributed by atoms with van der Waals surface area (Å²) in [6, 6.07) is -0.324. The molecule has 2 heterocycles. The Bertz CT molecular complexity index is 1550. The molecule has 1 aliphatic heterocycles. The summed E-state index contributed by atoms with van der Waals surface area (Å²) in [5.74, 6) is -0.426. The Kier molecular flexibility index (Phi) is 8.88. The number of carbonyl (C=O) groups excluding carboxylic acids is 1. The van der Waals surface area contributed by atoms with Crippen molar-refractivity contribution in [2.75, 3.05) is 19.8 Å². The topological polar surface area (TPSA) is 156 Å². The molecule has 4 aliphatic carbocycles. The van der Waals surface area contributed by atoms with Crippen molar-refractivity contribution in [3.8, 4) is 0 Å². The molecule has 4 fully saturated rings. The Morgan fingerprint density at radius 1 is 1.08 bits per heavy atom. The summed E-state index contributed by atoms with van der Waals surface area (Å²) in [5.41, 5.74) is 11.7. The number of hydrogen-bond donors (Lipinski definition) is 3. The van der Waals surface area contributed by atoms with E-state index in [0.717, 1.165) is 32.1 Å². The van der Waals surface area contributed by atoms with E-state index in [9.17, 15) is 14.7 Å². The van der Waals surface area contributed by atoms with Crippen molar-refractivity contribution in [2.45, 2.75) is 132 Å². The molecule has 0 unspecified atom stereocenters. The van der Waals surface area contributed by atoms with Crippen molar-refractivity contribution in [1.29, 1.82) is 0 Å². The van der Waals surface area contributed by atoms with Crippen LogP contribution in [0.15, 0.2) is 18.0 Å². The molecule has 6 rings (SSSR count). The van der Waals surface area contributed by atoms with Gasteiger partial charge in [-0.3, -0.25) is 9.59 Å². The van der Waals surface area contributed by atoms with Gasteiger partial charge in [0.05, 0.1) is 37.9 Å². The van der Waals surface area contributed by atoms with Gasteiger partial charge in [0.15, 0.2) is 0 Å². The van der Waals surface area contributed by atoms with Gasteiger partial charge in [0.1, 0.15) is 6.33 Å². The second-order valence-corrected chi connectivity index (χ2v) is 19.9. The summed E-state index contributed by atoms with van der Waals surface area (Å²) in [4.78, 5) is 30.5. The lowest BCUT2D eigenvalue weighted by Crippen LogP contribution is -2.69. The standard InChI is InChI=1S/C40H65N5O5/c1-23(2)24(3)35(7)16-17-37(9)25-12-13-28-36(8)19-49-21-40(28,26(25)14-15-38(37,10)29(35)33(47)48)18-27(45-32(31(41)46)43-22-44-45)30(36)50-20-39(11,42)34(4,5)6/h14,22-25,27-30H,12-13,15-21,42H2,1-11H3,(H2,41,46)(H,47,48)/t24-,25+,27-,28+,29-,30+,35-,36+,37-,38+,39+,40+/m1/s1. The SMILES string of the molecule is CC(C)[C@@H](C)[C@@]1(C)CC[C@]2(C)[C@H]3CC[C@@H]4[C@@]5(COC[C@]4(C)[C@@H](OC[C@](C)(N)C(C)(C)C)[C@H](n4ncnc4C(N)=O)C5)C3=CC[C@@]2(C)[C@@H]1C(=O)O. The number of ether oxygens (including phenoxy) is 2. The second kappa shape index (κ2) is 11.9. The summed E-state index contributed by atoms with van der Waals surface area (Å²) < 4.78 is 15.4. The third kappa shape index (κ3) is 5.03. The predicted molar refractivity (Wildman–Crippen MR) is 193 cm³/mol. The van der Waals surface area contributed by atoms with Crippen LogP contribution in [0.1, 0.15) is 131 Å². The zero-order chi connectivity index (χ0) is 37.0. The summed E-state index contributed by atoms with van der Waals surface area (Å²) in [7, 11) is 0. The lowest BCUT2D eigenvalue weighted by atomic mass is 9.34. The van der Waals surface area contributed by atoms with Crippen LogP contribution in [0.3, 0.4) is 0 Å². The van der Waals surface area contributed by atoms with Gasteiger partial charge in [0, 0.05) is 16.4 Å². The Morgan fingerprint density at radius 2 is 1.76 bits per heavy atom. The van der Waals surface area contributed by atoms with Crippen LogP contribution >= 0.6 is 0 Å². The maximum absolute atomic E-state index is 13.5. The summed E-state index contributed by atoms with van der Waals surface area (Å²) in [6.45, 7) is 25.8. The van der Waals surface area contributed by atoms with Gasteiger partial charge in [0.2, 0.25) is 5.82 Å². The van der Waals surface area contributed by atoms with E-state index >= 15 is 0 Å². The van der Waals surface area contributed by atoms with Crippen molar-refractivity contribution in [1.82, 2.24) is 14.8 Å². The summed E-state index contributed by atoms with van der Waals surface area (Å²) >= 11 is 0. The van der Waals surface area contributed by atoms with Crippen molar-refractivity contribution >= 4 is 11.9 Å². The van der Waals surface area contributed by atoms with E-state index in [2.05, 4.69) is 85.4 Å². The first-order valence-electron chi connectivity index (χ1n) is 19.1. The minimum absolute atomic E-state index is 0.132. The number of nitrogens with zero attached hydrogens (tertiary/aromatic N) is 3. The fourth-order valence-electron chi connectivity index (χ4n) is 12.3. The molecular formula is C40H65N5O5. The van der Waals surface area contributed by atoms with Crippen LogP contribution in [0, 0.1) is 62.1 Å². The van der Waals surface area contributed by atoms with Crippen molar-refractivity contribution in [2.24, 2.45) is 73.5 Å². The zero-order valence-corrected chi connectivity index (χ0v) is 32.6. The van der Waals surface area contributed by atoms with Gasteiger partial charge in [-0.05, 0) is 90.8 Å². The normalized spacial score (nSPS) is 43.1. The summed E-state index contributed by atoms with van der Waals surface area (Å²) in [6.07, 6.45) is 8.79. The number of fused-ring (bicyclic) bond motifs is 3. The Balaban J connectivity index is 1.47. The van der Waals surface area contributed by atoms with E-state index in [-0.39, 0.29) is 57.4 Å². The summed E-state index contributed by atoms with van der Waals surface area (Å²) in [5, 5.41) is 15.7. The first-order chi connectivity index (χ1) is 23.0. The fraction of sp³-hybridized carbons (Fsp3) is 0.850. The third-order valence-corrected chi connectivity index (χ3v) is 16.5. The van der Waals surface area contributed by atoms with Crippen LogP contribution in [0.4, 0.5) is 0 Å². The molecular weight excluding hydrogens is 630 g/mol. The smallest absolute Gasteiger partial charge is 0.307 e. The number of carbonyl (C=O) groups is 2. The lowest BCUT2D eigenvalue weighted by Gasteiger charge is -2.71. The molecule has 280 valence electrons. The van der Waals surface area contributed by atoms with Crippen LogP contribution in [0.25, 0.3) is 0 Å². The second-order valence-electron chi connectivity index (χ2n) is 19.9. The van der Waals surface area contributed by atoms with Crippen LogP contribution in [0.5, 0.6) is 0 Å². The number of hydrogen-bond acceptors (Lipinski definition) is 7. The van der Waals surface area contributed by atoms with E-state index in [1.54, 1.807) is 4.68 Å². The Morgan fingerprint density at radius 3 is 2.36 bits per heavy atom. The molecule has 1 amide bonds. The van der Waals surface area contributed by atoms with Crippen molar-refractivity contribution < 1.29 is 24.2 Å². The average Bonchev–Trinajstić information content (AvgIpc) is 3.50. The predicted octanol–water partition coefficient (Wildman–Crippen LogP) is 6.66. The molecule has 5 N–H and O–H groups in total. The molecule has 0 spiro atoms. The number of amides is 1. The first kappa shape index (κ1) is 37.5. The van der Waals surface area contributed by atoms with E-state index in [4.69, 9.17) is 20.9 Å². The van der Waals surface area contributed by atoms with E-state index in [1.165, 1.54) is 11.9 Å². The largest absolute Gasteiger partial charge is 0.481 e. The quantitative estimate of drug-likeness (QED) is 0.255. The highest BCUT2D eigenvalue weighted by molar-refractivity contribution is 5.89. The first-order valence-corrected chi connectivity index (χ1v) is 19.1. The molecule has 0 aromatic carbocycles. The molecule has 1 aromatic rings. The number of aromatic nitrogens is 3. The van der Waals surface area contributed by atoms with Gasteiger partial charge in [-0.1, -0.05) is 80.9 Å². The van der Waals surface area contributed by atoms with Gasteiger partial charge in [0.25, 0.3) is 5.91 Å². The molecule has 5 aliphatic rings. The lowest BCUT2D eigenvalue weighted by molar-refractivity contribution is -0.253. The highest BCUT2D eigenvalue weighted by Gasteiger charge is 2.72. The monoisotopic (exact) mass is 695 g/mol. The maximum Gasteiger partial charge on any atom is 0.307 e. The Hall–Kier alpha value is -2.30. The van der Waals surface area contributed by atoms with Gasteiger partial charge in [-0.2, -0.15) is 5.10 Å². The van der Waals surface area contributed by atoms with Crippen molar-refractivity contribution in [3.63, 3.8) is 0 Å². The van der Waals surface area contributed by atoms with Crippen LogP contribution in [0.2, 0.25) is 0 Å². The van der Waals surface area contributed by atoms with Gasteiger partial charge >= 0.3 is 5.97 Å². The molecule has 1 saturated heterocycles. The van der Waals surface area contributed by atoms with Crippen LogP contribution in [-0.2, 0) is 14.3 Å². The van der Waals surface area contributed by atoms with Gasteiger partial charge in [-0.25, -0.2) is 9.67 Å². The molecule has 10 heteroatoms. The third-order valence-electron chi connectivity index (χ3n) is 16.5. The maximum atomic E-state index is 13.5. The van der Waals surface area contributed by atoms with Crippen LogP contribution in [-0.4, -0.2) is 63.2 Å². The van der Waals surface area contributed by atoms with Gasteiger partial charge < -0.3 is 26.0 Å². The number of aliphatic carboxylic acids is 1. The molecule has 50 heavy (non-hydrogen) atoms. The number of rotatable bonds is 8. The highest BCUT2D eigenvalue weighted by Crippen LogP contribution is 2.75. The fourth-order valence-corrected chi connectivity index (χ4v) is 12.3. The average molecular weight is 696 g/mol. The van der Waals surface area contributed by atoms with Crippen molar-refractivity contribution in [3.05, 3.63) is 23.8 Å². The molecule has 2 bridgehead atoms. The number of nitrogens with two attached hydrogens (primary N) is 2. The number of carboxylic acid groups (broad SMARTS) is 1. The minimum atomic E-state index is -0.657. The zero-order valence-electron chi connectivity index (χ0n) is 32.6. The molecule has 0 radical (unpaired) electrons.